The molecule has 3 rings (SSSR count). The number of carbonyl (C=O) groups excluding carboxylic acids is 1. The molecule has 1 aromatic carbocycles. The third-order valence-electron chi connectivity index (χ3n) is 3.89. The Morgan fingerprint density at radius 1 is 1.23 bits per heavy atom. The van der Waals surface area contributed by atoms with Crippen LogP contribution < -0.4 is 5.32 Å². The molecule has 3 aromatic rings. The molecule has 0 bridgehead atoms. The largest absolute Gasteiger partial charge is 0.322 e. The molecule has 6 nitrogen and oxygen atoms in total. The Morgan fingerprint density at radius 3 is 2.73 bits per heavy atom. The van der Waals surface area contributed by atoms with Gasteiger partial charge in [-0.15, -0.1) is 10.2 Å². The topological polar surface area (TPSA) is 72.7 Å². The second-order valence-corrected chi connectivity index (χ2v) is 7.44. The van der Waals surface area contributed by atoms with E-state index in [0.717, 1.165) is 17.0 Å². The normalized spacial score (nSPS) is 12.0. The van der Waals surface area contributed by atoms with Gasteiger partial charge in [-0.05, 0) is 31.5 Å². The lowest BCUT2D eigenvalue weighted by atomic mass is 10.1. The van der Waals surface area contributed by atoms with Crippen molar-refractivity contribution in [2.24, 2.45) is 7.05 Å². The maximum atomic E-state index is 12.4. The number of amides is 1. The van der Waals surface area contributed by atoms with Crippen molar-refractivity contribution in [1.29, 1.82) is 0 Å². The van der Waals surface area contributed by atoms with E-state index in [1.807, 2.05) is 49.7 Å². The first-order valence-electron chi connectivity index (χ1n) is 8.01. The molecule has 2 aromatic heterocycles. The first-order valence-corrected chi connectivity index (χ1v) is 9.26. The molecule has 26 heavy (non-hydrogen) atoms. The van der Waals surface area contributed by atoms with Crippen LogP contribution >= 0.6 is 23.4 Å². The number of anilines is 1. The van der Waals surface area contributed by atoms with Crippen LogP contribution in [0.4, 0.5) is 5.69 Å². The molecule has 1 N–H and O–H groups in total. The lowest BCUT2D eigenvalue weighted by molar-refractivity contribution is -0.115. The van der Waals surface area contributed by atoms with Crippen LogP contribution in [-0.2, 0) is 11.8 Å². The van der Waals surface area contributed by atoms with Gasteiger partial charge in [0.25, 0.3) is 0 Å². The molecule has 0 saturated heterocycles. The van der Waals surface area contributed by atoms with Crippen molar-refractivity contribution in [1.82, 2.24) is 19.7 Å². The number of rotatable bonds is 5. The van der Waals surface area contributed by atoms with Crippen molar-refractivity contribution in [2.45, 2.75) is 24.3 Å². The predicted molar refractivity (Wildman–Crippen MR) is 104 cm³/mol. The van der Waals surface area contributed by atoms with E-state index in [1.165, 1.54) is 11.8 Å². The summed E-state index contributed by atoms with van der Waals surface area (Å²) in [5.41, 5.74) is 2.63. The molecule has 0 radical (unpaired) electrons. The van der Waals surface area contributed by atoms with Gasteiger partial charge in [0.2, 0.25) is 5.91 Å². The van der Waals surface area contributed by atoms with Crippen molar-refractivity contribution >= 4 is 35.0 Å². The second kappa shape index (κ2) is 7.88. The summed E-state index contributed by atoms with van der Waals surface area (Å²) in [6, 6.07) is 11.4. The van der Waals surface area contributed by atoms with Crippen molar-refractivity contribution in [2.75, 3.05) is 5.32 Å². The monoisotopic (exact) mass is 387 g/mol. The van der Waals surface area contributed by atoms with E-state index >= 15 is 0 Å². The van der Waals surface area contributed by atoms with Gasteiger partial charge in [0.05, 0.1) is 10.9 Å². The Labute approximate surface area is 161 Å². The van der Waals surface area contributed by atoms with Gasteiger partial charge in [-0.1, -0.05) is 47.6 Å². The third kappa shape index (κ3) is 3.89. The molecular formula is C18H18ClN5OS. The highest BCUT2D eigenvalue weighted by Crippen LogP contribution is 2.28. The van der Waals surface area contributed by atoms with Crippen LogP contribution in [0.3, 0.4) is 0 Å². The Balaban J connectivity index is 1.74. The zero-order valence-corrected chi connectivity index (χ0v) is 16.2. The second-order valence-electron chi connectivity index (χ2n) is 5.77. The number of carbonyl (C=O) groups is 1. The Hall–Kier alpha value is -2.38. The van der Waals surface area contributed by atoms with Crippen LogP contribution in [0.15, 0.2) is 47.8 Å². The SMILES string of the molecule is Cc1ccccc1-c1nnc(S[C@H](C)C(=O)Nc2cccnc2Cl)n1C. The molecule has 134 valence electrons. The molecule has 0 aliphatic rings. The molecule has 0 spiro atoms. The number of thioether (sulfide) groups is 1. The van der Waals surface area contributed by atoms with Crippen molar-refractivity contribution in [3.05, 3.63) is 53.3 Å². The first kappa shape index (κ1) is 18.4. The minimum atomic E-state index is -0.376. The first-order chi connectivity index (χ1) is 12.5. The van der Waals surface area contributed by atoms with E-state index in [9.17, 15) is 4.79 Å². The Kier molecular flexibility index (Phi) is 5.58. The van der Waals surface area contributed by atoms with Crippen LogP contribution in [0.2, 0.25) is 5.15 Å². The van der Waals surface area contributed by atoms with Gasteiger partial charge in [0, 0.05) is 18.8 Å². The number of nitrogens with zero attached hydrogens (tertiary/aromatic N) is 4. The van der Waals surface area contributed by atoms with Gasteiger partial charge >= 0.3 is 0 Å². The fraction of sp³-hybridized carbons (Fsp3) is 0.222. The minimum Gasteiger partial charge on any atom is -0.322 e. The Bertz CT molecular complexity index is 943. The fourth-order valence-corrected chi connectivity index (χ4v) is 3.38. The van der Waals surface area contributed by atoms with Gasteiger partial charge in [0.15, 0.2) is 16.1 Å². The number of aromatic nitrogens is 4. The zero-order valence-electron chi connectivity index (χ0n) is 14.6. The molecule has 0 aliphatic carbocycles. The van der Waals surface area contributed by atoms with Crippen molar-refractivity contribution in [3.63, 3.8) is 0 Å². The maximum absolute atomic E-state index is 12.4. The summed E-state index contributed by atoms with van der Waals surface area (Å²) in [6.07, 6.45) is 1.57. The molecular weight excluding hydrogens is 370 g/mol. The number of halogens is 1. The lowest BCUT2D eigenvalue weighted by Gasteiger charge is -2.12. The highest BCUT2D eigenvalue weighted by Gasteiger charge is 2.20. The molecule has 0 saturated carbocycles. The molecule has 1 atom stereocenters. The van der Waals surface area contributed by atoms with Crippen LogP contribution in [0.25, 0.3) is 11.4 Å². The predicted octanol–water partition coefficient (Wildman–Crippen LogP) is 3.96. The van der Waals surface area contributed by atoms with Crippen molar-refractivity contribution in [3.8, 4) is 11.4 Å². The maximum Gasteiger partial charge on any atom is 0.237 e. The summed E-state index contributed by atoms with van der Waals surface area (Å²) in [5.74, 6) is 0.596. The lowest BCUT2D eigenvalue weighted by Crippen LogP contribution is -2.23. The number of pyridine rings is 1. The zero-order chi connectivity index (χ0) is 18.7. The molecule has 0 fully saturated rings. The van der Waals surface area contributed by atoms with E-state index in [4.69, 9.17) is 11.6 Å². The highest BCUT2D eigenvalue weighted by atomic mass is 35.5. The van der Waals surface area contributed by atoms with E-state index in [2.05, 4.69) is 20.5 Å². The van der Waals surface area contributed by atoms with E-state index in [-0.39, 0.29) is 16.3 Å². The van der Waals surface area contributed by atoms with Gasteiger partial charge in [-0.3, -0.25) is 4.79 Å². The van der Waals surface area contributed by atoms with Gasteiger partial charge in [0.1, 0.15) is 0 Å². The van der Waals surface area contributed by atoms with E-state index < -0.39 is 0 Å². The summed E-state index contributed by atoms with van der Waals surface area (Å²) in [4.78, 5) is 16.4. The minimum absolute atomic E-state index is 0.176. The van der Waals surface area contributed by atoms with Crippen molar-refractivity contribution < 1.29 is 4.79 Å². The summed E-state index contributed by atoms with van der Waals surface area (Å²) in [5, 5.41) is 11.9. The molecule has 0 aliphatic heterocycles. The van der Waals surface area contributed by atoms with E-state index in [1.54, 1.807) is 18.3 Å². The summed E-state index contributed by atoms with van der Waals surface area (Å²) >= 11 is 7.32. The third-order valence-corrected chi connectivity index (χ3v) is 5.32. The average molecular weight is 388 g/mol. The molecule has 2 heterocycles. The fourth-order valence-electron chi connectivity index (χ4n) is 2.40. The van der Waals surface area contributed by atoms with Crippen LogP contribution in [0.1, 0.15) is 12.5 Å². The standard InChI is InChI=1S/C18H18ClN5OS/c1-11-7-4-5-8-13(11)16-22-23-18(24(16)3)26-12(2)17(25)21-14-9-6-10-20-15(14)19/h4-10,12H,1-3H3,(H,21,25)/t12-/m1/s1. The highest BCUT2D eigenvalue weighted by molar-refractivity contribution is 8.00. The number of nitrogens with one attached hydrogen (secondary N) is 1. The quantitative estimate of drug-likeness (QED) is 0.530. The molecule has 0 unspecified atom stereocenters. The smallest absolute Gasteiger partial charge is 0.237 e. The average Bonchev–Trinajstić information content (AvgIpc) is 2.98. The van der Waals surface area contributed by atoms with Gasteiger partial charge < -0.3 is 9.88 Å². The summed E-state index contributed by atoms with van der Waals surface area (Å²) in [6.45, 7) is 3.84. The summed E-state index contributed by atoms with van der Waals surface area (Å²) < 4.78 is 1.90. The van der Waals surface area contributed by atoms with Gasteiger partial charge in [-0.2, -0.15) is 0 Å². The molecule has 1 amide bonds. The van der Waals surface area contributed by atoms with Crippen LogP contribution in [0, 0.1) is 6.92 Å². The number of aryl methyl sites for hydroxylation is 1. The van der Waals surface area contributed by atoms with Gasteiger partial charge in [-0.25, -0.2) is 4.98 Å². The number of hydrogen-bond donors (Lipinski definition) is 1. The molecule has 8 heteroatoms. The summed E-state index contributed by atoms with van der Waals surface area (Å²) in [7, 11) is 1.90. The van der Waals surface area contributed by atoms with E-state index in [0.29, 0.717) is 10.8 Å². The Morgan fingerprint density at radius 2 is 2.00 bits per heavy atom. The van der Waals surface area contributed by atoms with Crippen LogP contribution in [0.5, 0.6) is 0 Å². The number of benzene rings is 1. The number of hydrogen-bond acceptors (Lipinski definition) is 5. The van der Waals surface area contributed by atoms with Crippen LogP contribution in [-0.4, -0.2) is 30.9 Å².